The molecule has 0 fully saturated rings. The summed E-state index contributed by atoms with van der Waals surface area (Å²) in [5.74, 6) is 0. The van der Waals surface area contributed by atoms with Crippen LogP contribution in [0.5, 0.6) is 0 Å². The van der Waals surface area contributed by atoms with Gasteiger partial charge in [0.25, 0.3) is 0 Å². The molecule has 0 aliphatic carbocycles. The smallest absolute Gasteiger partial charge is 0.113 e. The zero-order valence-electron chi connectivity index (χ0n) is 7.91. The Morgan fingerprint density at radius 2 is 1.08 bits per heavy atom. The van der Waals surface area contributed by atoms with Gasteiger partial charge in [0.15, 0.2) is 0 Å². The van der Waals surface area contributed by atoms with Crippen LogP contribution in [0.1, 0.15) is 13.8 Å². The van der Waals surface area contributed by atoms with Gasteiger partial charge in [0.1, 0.15) is 10.9 Å². The third kappa shape index (κ3) is 31.3. The summed E-state index contributed by atoms with van der Waals surface area (Å²) in [5.41, 5.74) is -4.24. The third-order valence-corrected chi connectivity index (χ3v) is 5.72. The van der Waals surface area contributed by atoms with E-state index in [0.29, 0.717) is 12.3 Å². The van der Waals surface area contributed by atoms with Crippen LogP contribution < -0.4 is 0 Å². The van der Waals surface area contributed by atoms with E-state index in [2.05, 4.69) is 48.1 Å². The van der Waals surface area contributed by atoms with Crippen molar-refractivity contribution in [3.05, 3.63) is 0 Å². The van der Waals surface area contributed by atoms with Gasteiger partial charge in [-0.3, -0.25) is 0 Å². The second kappa shape index (κ2) is 10.1. The SMILES string of the molecule is CCP(O)(=S)S.CCP(O)(=S)S.[Na]. The minimum absolute atomic E-state index is 0. The molecule has 2 N–H and O–H groups in total. The van der Waals surface area contributed by atoms with E-state index in [-0.39, 0.29) is 29.6 Å². The standard InChI is InChI=1S/2C2H7OPS2.Na/c2*1-2-4(3,5)6;/h2*2H2,1H3,(H2,3,5,6);. The van der Waals surface area contributed by atoms with E-state index in [1.165, 1.54) is 0 Å². The van der Waals surface area contributed by atoms with Crippen molar-refractivity contribution in [1.29, 1.82) is 0 Å². The Balaban J connectivity index is -0.000000143. The molecule has 13 heavy (non-hydrogen) atoms. The normalized spacial score (nSPS) is 18.3. The minimum atomic E-state index is -2.12. The van der Waals surface area contributed by atoms with E-state index in [1.807, 2.05) is 13.8 Å². The third-order valence-electron chi connectivity index (χ3n) is 0.824. The van der Waals surface area contributed by atoms with E-state index in [0.717, 1.165) is 0 Å². The zero-order valence-corrected chi connectivity index (χ0v) is 15.1. The van der Waals surface area contributed by atoms with Gasteiger partial charge in [-0.2, -0.15) is 0 Å². The van der Waals surface area contributed by atoms with Crippen LogP contribution in [0.15, 0.2) is 0 Å². The summed E-state index contributed by atoms with van der Waals surface area (Å²) in [5, 5.41) is 0. The molecule has 0 aliphatic heterocycles. The molecule has 9 heteroatoms. The molecule has 2 nitrogen and oxygen atoms in total. The van der Waals surface area contributed by atoms with Crippen LogP contribution in [0.4, 0.5) is 0 Å². The molecule has 0 saturated heterocycles. The first-order chi connectivity index (χ1) is 5.12. The van der Waals surface area contributed by atoms with Gasteiger partial charge in [0, 0.05) is 41.9 Å². The Kier molecular flexibility index (Phi) is 16.5. The number of rotatable bonds is 2. The van der Waals surface area contributed by atoms with Crippen LogP contribution in [0.2, 0.25) is 0 Å². The van der Waals surface area contributed by atoms with Crippen LogP contribution in [-0.4, -0.2) is 51.7 Å². The molecular weight excluding hydrogens is 293 g/mol. The van der Waals surface area contributed by atoms with Crippen molar-refractivity contribution in [1.82, 2.24) is 0 Å². The maximum atomic E-state index is 8.62. The average molecular weight is 307 g/mol. The maximum Gasteiger partial charge on any atom is 0.113 e. The van der Waals surface area contributed by atoms with Gasteiger partial charge < -0.3 is 9.79 Å². The summed E-state index contributed by atoms with van der Waals surface area (Å²) < 4.78 is 0. The van der Waals surface area contributed by atoms with Crippen LogP contribution in [-0.2, 0) is 23.6 Å². The molecule has 0 amide bonds. The summed E-state index contributed by atoms with van der Waals surface area (Å²) in [6.45, 7) is 3.65. The van der Waals surface area contributed by atoms with Crippen molar-refractivity contribution in [3.63, 3.8) is 0 Å². The van der Waals surface area contributed by atoms with Crippen molar-refractivity contribution in [2.75, 3.05) is 12.3 Å². The maximum absolute atomic E-state index is 8.62. The van der Waals surface area contributed by atoms with Gasteiger partial charge in [-0.05, 0) is 0 Å². The molecule has 0 heterocycles. The molecular formula is C4H14NaO2P2S4. The fourth-order valence-electron chi connectivity index (χ4n) is 0. The minimum Gasteiger partial charge on any atom is -0.357 e. The summed E-state index contributed by atoms with van der Waals surface area (Å²) >= 11 is 16.5. The van der Waals surface area contributed by atoms with Crippen molar-refractivity contribution in [3.8, 4) is 0 Å². The van der Waals surface area contributed by atoms with Crippen LogP contribution in [0.3, 0.4) is 0 Å². The largest absolute Gasteiger partial charge is 0.357 e. The quantitative estimate of drug-likeness (QED) is 0.358. The second-order valence-corrected chi connectivity index (χ2v) is 15.1. The molecule has 0 aromatic carbocycles. The van der Waals surface area contributed by atoms with Crippen molar-refractivity contribution < 1.29 is 9.79 Å². The van der Waals surface area contributed by atoms with E-state index in [9.17, 15) is 0 Å². The molecule has 1 radical (unpaired) electrons. The first-order valence-electron chi connectivity index (χ1n) is 3.21. The molecule has 0 aliphatic rings. The molecule has 0 bridgehead atoms. The molecule has 0 spiro atoms. The van der Waals surface area contributed by atoms with Crippen molar-refractivity contribution in [2.24, 2.45) is 0 Å². The Morgan fingerprint density at radius 3 is 1.08 bits per heavy atom. The summed E-state index contributed by atoms with van der Waals surface area (Å²) in [4.78, 5) is 17.2. The summed E-state index contributed by atoms with van der Waals surface area (Å²) in [6.07, 6.45) is 1.23. The number of hydrogen-bond donors (Lipinski definition) is 4. The Morgan fingerprint density at radius 1 is 1.00 bits per heavy atom. The van der Waals surface area contributed by atoms with E-state index >= 15 is 0 Å². The predicted octanol–water partition coefficient (Wildman–Crippen LogP) is 2.10. The van der Waals surface area contributed by atoms with Crippen LogP contribution >= 0.6 is 35.4 Å². The molecule has 2 unspecified atom stereocenters. The molecule has 0 aromatic heterocycles. The fraction of sp³-hybridized carbons (Fsp3) is 1.00. The Hall–Kier alpha value is 2.92. The van der Waals surface area contributed by atoms with E-state index < -0.39 is 10.9 Å². The average Bonchev–Trinajstić information content (AvgIpc) is 1.86. The summed E-state index contributed by atoms with van der Waals surface area (Å²) in [7, 11) is 0. The van der Waals surface area contributed by atoms with Crippen molar-refractivity contribution in [2.45, 2.75) is 13.8 Å². The Labute approximate surface area is 123 Å². The van der Waals surface area contributed by atoms with Gasteiger partial charge in [-0.1, -0.05) is 37.5 Å². The fourth-order valence-corrected chi connectivity index (χ4v) is 0. The first-order valence-corrected chi connectivity index (χ1v) is 11.4. The Bertz CT molecular complexity index is 178. The second-order valence-electron chi connectivity index (χ2n) is 1.96. The van der Waals surface area contributed by atoms with Crippen LogP contribution in [0.25, 0.3) is 0 Å². The van der Waals surface area contributed by atoms with E-state index in [1.54, 1.807) is 0 Å². The molecule has 2 atom stereocenters. The van der Waals surface area contributed by atoms with Gasteiger partial charge in [-0.15, -0.1) is 24.5 Å². The molecule has 0 rings (SSSR count). The molecule has 77 valence electrons. The predicted molar refractivity (Wildman–Crippen MR) is 77.8 cm³/mol. The van der Waals surface area contributed by atoms with Gasteiger partial charge in [0.05, 0.1) is 0 Å². The number of hydrogen-bond acceptors (Lipinski definition) is 2. The topological polar surface area (TPSA) is 40.5 Å². The van der Waals surface area contributed by atoms with Gasteiger partial charge in [-0.25, -0.2) is 0 Å². The van der Waals surface area contributed by atoms with E-state index in [4.69, 9.17) is 9.79 Å². The summed E-state index contributed by atoms with van der Waals surface area (Å²) in [6, 6.07) is 0. The van der Waals surface area contributed by atoms with Gasteiger partial charge in [0.2, 0.25) is 0 Å². The number of thiol groups is 2. The molecule has 0 aromatic rings. The first kappa shape index (κ1) is 21.2. The van der Waals surface area contributed by atoms with Crippen molar-refractivity contribution >= 4 is 88.6 Å². The zero-order chi connectivity index (χ0) is 10.4. The molecule has 0 saturated carbocycles. The monoisotopic (exact) mass is 307 g/mol. The van der Waals surface area contributed by atoms with Gasteiger partial charge >= 0.3 is 0 Å². The van der Waals surface area contributed by atoms with Crippen LogP contribution in [0, 0.1) is 0 Å².